The molecule has 0 aliphatic carbocycles. The fourth-order valence-corrected chi connectivity index (χ4v) is 20.4. The Morgan fingerprint density at radius 1 is 0.636 bits per heavy atom. The summed E-state index contributed by atoms with van der Waals surface area (Å²) in [5, 5.41) is 127. The second-order valence-electron chi connectivity index (χ2n) is 37.3. The number of primary amides is 1. The van der Waals surface area contributed by atoms with Crippen LogP contribution in [0.1, 0.15) is 151 Å². The number of likely N-dealkylation sites (N-methyl/N-ethyl adjacent to an activating group) is 1. The number of hydrogen-bond acceptors (Lipinski definition) is 32. The molecule has 0 unspecified atom stereocenters. The van der Waals surface area contributed by atoms with E-state index < -0.39 is 334 Å². The van der Waals surface area contributed by atoms with E-state index in [-0.39, 0.29) is 30.9 Å². The van der Waals surface area contributed by atoms with Crippen molar-refractivity contribution in [1.82, 2.24) is 47.9 Å². The summed E-state index contributed by atoms with van der Waals surface area (Å²) in [7, 11) is -10.4. The van der Waals surface area contributed by atoms with Gasteiger partial charge in [-0.05, 0) is 167 Å². The number of hydrogen-bond donors (Lipinski definition) is 24. The third kappa shape index (κ3) is 24.9. The number of esters is 1. The maximum Gasteiger partial charge on any atom is 0.360 e. The number of aliphatic hydroxyl groups is 5. The van der Waals surface area contributed by atoms with E-state index in [1.807, 2.05) is 36.4 Å². The van der Waals surface area contributed by atoms with Crippen LogP contribution in [-0.2, 0) is 92.0 Å². The zero-order valence-electron chi connectivity index (χ0n) is 77.8. The summed E-state index contributed by atoms with van der Waals surface area (Å²) in [5.41, 5.74) is 3.26. The minimum atomic E-state index is -5.90. The summed E-state index contributed by atoms with van der Waals surface area (Å²) >= 11 is 21.1. The van der Waals surface area contributed by atoms with Gasteiger partial charge in [0.25, 0.3) is 0 Å². The Bertz CT molecular complexity index is 6100. The molecule has 7 aromatic carbocycles. The van der Waals surface area contributed by atoms with Gasteiger partial charge in [0.05, 0.1) is 58.9 Å². The molecule has 11 bridgehead atoms. The van der Waals surface area contributed by atoms with Gasteiger partial charge in [-0.25, -0.2) is 4.79 Å². The van der Waals surface area contributed by atoms with E-state index in [2.05, 4.69) is 42.5 Å². The van der Waals surface area contributed by atoms with Crippen molar-refractivity contribution in [2.75, 3.05) is 13.7 Å². The molecular weight excluding hydrogens is 1980 g/mol. The third-order valence-corrected chi connectivity index (χ3v) is 29.4. The predicted octanol–water partition coefficient (Wildman–Crippen LogP) is 4.22. The minimum absolute atomic E-state index is 0.000695. The lowest BCUT2D eigenvalue weighted by molar-refractivity contribution is -0.334. The van der Waals surface area contributed by atoms with Gasteiger partial charge >= 0.3 is 27.1 Å². The van der Waals surface area contributed by atoms with Crippen molar-refractivity contribution in [1.29, 1.82) is 0 Å². The van der Waals surface area contributed by atoms with E-state index in [1.54, 1.807) is 38.2 Å². The van der Waals surface area contributed by atoms with Gasteiger partial charge < -0.3 is 167 Å². The number of nitrogens with two attached hydrogens (primary N) is 2. The first kappa shape index (κ1) is 109. The molecule has 8 amide bonds. The van der Waals surface area contributed by atoms with Crippen LogP contribution in [0, 0.1) is 11.3 Å². The predicted molar refractivity (Wildman–Crippen MR) is 504 cm³/mol. The van der Waals surface area contributed by atoms with Gasteiger partial charge in [0.2, 0.25) is 64.8 Å². The number of carboxylic acid groups (broad SMARTS) is 1. The molecule has 26 N–H and O–H groups in total. The Kier molecular flexibility index (Phi) is 33.5. The second-order valence-corrected chi connectivity index (χ2v) is 42.3. The average molecular weight is 2090 g/mol. The Morgan fingerprint density at radius 3 is 1.77 bits per heavy atom. The van der Waals surface area contributed by atoms with Crippen molar-refractivity contribution in [3.8, 4) is 68.2 Å². The molecule has 45 nitrogen and oxygen atoms in total. The third-order valence-electron chi connectivity index (χ3n) is 25.2. The van der Waals surface area contributed by atoms with E-state index in [0.717, 1.165) is 103 Å². The zero-order chi connectivity index (χ0) is 105. The van der Waals surface area contributed by atoms with Gasteiger partial charge in [0.15, 0.2) is 42.3 Å². The van der Waals surface area contributed by atoms with Gasteiger partial charge in [-0.2, -0.15) is 0 Å². The van der Waals surface area contributed by atoms with Gasteiger partial charge in [-0.15, -0.1) is 0 Å². The summed E-state index contributed by atoms with van der Waals surface area (Å²) < 4.78 is 84.2. The minimum Gasteiger partial charge on any atom is -0.508 e. The SMILES string of the molecule is CN[C@H](CC(C)C)C(=O)N[C@H]1C(=O)N[C@@H](CC(N)=O)C(=O)N[C@H]2C(=O)N[C@H]3C(=O)N[C@H](C(=O)N[C@H](C(=O)O)c4cc(O)cc(O)c4-c4cc3ccc4O)[C@H](O[C@H]3C[C@](C)(N)[C@@H](O)[C@H](C)O3)c3ccc(c(Cl)c3)Oc3cc2cc(c3O[C@@H]2O[C@H](CO)[C@@H](O)[C@H](O)[C@H]2O[C@H]2C[C@](C)(NCc3ccc(-c4ccc(Cl)cc4)cc3)[C@@H](O)[C@H](C)O2)Oc2ccc(cc2Cl)[C@H]1OC(=O)C(C)(C)CC(=O)NC(P(=O)(O)O)P(=O)(O)O. The number of rotatable bonds is 26. The molecule has 7 aromatic rings. The number of carbonyl (C=O) groups excluding carboxylic acids is 9. The summed E-state index contributed by atoms with van der Waals surface area (Å²) in [6, 6.07) is 11.9. The van der Waals surface area contributed by atoms with Gasteiger partial charge in [-0.1, -0.05) is 103 Å². The highest BCUT2D eigenvalue weighted by atomic mass is 35.5. The molecule has 0 radical (unpaired) electrons. The number of ether oxygens (including phenoxy) is 9. The van der Waals surface area contributed by atoms with Crippen LogP contribution in [0.15, 0.2) is 127 Å². The van der Waals surface area contributed by atoms with Crippen LogP contribution in [0.5, 0.6) is 46.0 Å². The highest BCUT2D eigenvalue weighted by Crippen LogP contribution is 2.59. The molecule has 0 spiro atoms. The fraction of sp³-hybridized carbons (Fsp3) is 0.441. The number of aromatic hydroxyl groups is 3. The summed E-state index contributed by atoms with van der Waals surface area (Å²) in [6.07, 6.45) is -26.0. The fourth-order valence-electron chi connectivity index (χ4n) is 17.6. The summed E-state index contributed by atoms with van der Waals surface area (Å²) in [6.45, 7) is 10.6. The van der Waals surface area contributed by atoms with Crippen LogP contribution in [0.2, 0.25) is 15.1 Å². The Labute approximate surface area is 831 Å². The van der Waals surface area contributed by atoms with Crippen molar-refractivity contribution in [2.45, 2.75) is 233 Å². The summed E-state index contributed by atoms with van der Waals surface area (Å²) in [5.74, 6) is -21.4. The number of benzene rings is 7. The van der Waals surface area contributed by atoms with Gasteiger partial charge in [0, 0.05) is 64.7 Å². The Hall–Kier alpha value is -11.3. The molecule has 15 rings (SSSR count). The normalized spacial score (nSPS) is 27.8. The number of fused-ring (bicyclic) bond motifs is 15. The lowest BCUT2D eigenvalue weighted by Gasteiger charge is -2.48. The molecular formula is C93H110Cl3N11O34P2. The number of carboxylic acids is 1. The number of phenolic OH excluding ortho intramolecular Hbond substituents is 3. The summed E-state index contributed by atoms with van der Waals surface area (Å²) in [4.78, 5) is 193. The largest absolute Gasteiger partial charge is 0.508 e. The molecule has 8 aliphatic rings. The first-order chi connectivity index (χ1) is 67.0. The van der Waals surface area contributed by atoms with Crippen LogP contribution in [-0.4, -0.2) is 247 Å². The van der Waals surface area contributed by atoms with Crippen molar-refractivity contribution in [2.24, 2.45) is 22.8 Å². The first-order valence-electron chi connectivity index (χ1n) is 44.8. The molecule has 0 aromatic heterocycles. The van der Waals surface area contributed by atoms with Crippen molar-refractivity contribution < 1.29 is 165 Å². The van der Waals surface area contributed by atoms with Crippen LogP contribution >= 0.6 is 50.0 Å². The molecule has 772 valence electrons. The average Bonchev–Trinajstić information content (AvgIpc) is 0.749. The van der Waals surface area contributed by atoms with E-state index >= 15 is 28.8 Å². The van der Waals surface area contributed by atoms with E-state index in [1.165, 1.54) is 33.9 Å². The quantitative estimate of drug-likeness (QED) is 0.0266. The van der Waals surface area contributed by atoms with E-state index in [9.17, 15) is 93.8 Å². The van der Waals surface area contributed by atoms with Crippen LogP contribution in [0.4, 0.5) is 0 Å². The van der Waals surface area contributed by atoms with Gasteiger partial charge in [0.1, 0.15) is 83.4 Å². The molecule has 8 aliphatic heterocycles. The Balaban J connectivity index is 1.04. The van der Waals surface area contributed by atoms with Crippen LogP contribution in [0.3, 0.4) is 0 Å². The lowest BCUT2D eigenvalue weighted by atomic mass is 9.84. The highest BCUT2D eigenvalue weighted by Gasteiger charge is 2.55. The van der Waals surface area contributed by atoms with Crippen molar-refractivity contribution in [3.63, 3.8) is 0 Å². The molecule has 0 saturated carbocycles. The number of halogens is 3. The maximum absolute atomic E-state index is 16.8. The monoisotopic (exact) mass is 2090 g/mol. The van der Waals surface area contributed by atoms with Gasteiger partial charge in [-0.3, -0.25) is 52.3 Å². The second kappa shape index (κ2) is 43.9. The number of aliphatic hydroxyl groups excluding tert-OH is 5. The van der Waals surface area contributed by atoms with Crippen molar-refractivity contribution in [3.05, 3.63) is 176 Å². The molecule has 8 heterocycles. The number of phenols is 3. The first-order valence-corrected chi connectivity index (χ1v) is 49.3. The highest BCUT2D eigenvalue weighted by molar-refractivity contribution is 7.70. The number of aliphatic carboxylic acids is 1. The van der Waals surface area contributed by atoms with Crippen LogP contribution < -0.4 is 73.5 Å². The van der Waals surface area contributed by atoms with E-state index in [0.29, 0.717) is 5.02 Å². The molecule has 22 atom stereocenters. The van der Waals surface area contributed by atoms with Crippen molar-refractivity contribution >= 4 is 109 Å². The lowest BCUT2D eigenvalue weighted by Crippen LogP contribution is -2.65. The molecule has 3 fully saturated rings. The molecule has 50 heteroatoms. The number of amides is 8. The van der Waals surface area contributed by atoms with Crippen LogP contribution in [0.25, 0.3) is 22.3 Å². The standard InChI is InChI=1S/C93H110Cl3N11O34P2/c1-38(2)24-54(99-9)81(118)106-72-76(141-89(126)91(5,6)33-64(113)102-90(142(127,128)129)143(130,131)132)46-18-23-59(53(96)27-46)136-61-29-47-28-60(77(61)140-88-78(74(115)73(114)62(37-108)137-88)139-66-35-93(8,80(117)40(4)134-66)100-36-41-10-12-42(13-11-41)43-14-19-48(94)20-15-43)135-58-22-17-45(26-52(58)95)75(138-65-34-92(7,98)79(116)39(3)133-65)71-86(123)105-70(87(124)125)51-30-49(109)31-57(111)67(51)50-25-44(16-21-56(50)110)68(83(120)107-71)104-84(121)69(47)103-82(119)55(32-63(97)112)101-85(72)122/h10-23,25-31,38-40,54-55,62,65-66,68-76,78-80,88,90,99-100,108-111,114-117H,24,32-37,98H2,1-9H3,(H2,97,112)(H,101,122)(H,102,113)(H,103,119)(H,104,121)(H,105,123)(H,106,118)(H,107,120)(H,124,125)(H2,127,128,129)(H2,130,131,132)/t39-,40-,54+,55-,62+,65-,66-,68+,69+,70-,71-,72+,73+,74-,75+,76+,78+,79-,80-,88-,92-,93-/m0/s1. The molecule has 3 saturated heterocycles. The Morgan fingerprint density at radius 2 is 1.20 bits per heavy atom. The molecule has 143 heavy (non-hydrogen) atoms. The maximum atomic E-state index is 16.8. The smallest absolute Gasteiger partial charge is 0.360 e. The van der Waals surface area contributed by atoms with E-state index in [4.69, 9.17) is 88.9 Å². The number of nitrogens with one attached hydrogen (secondary N) is 9. The topological polar surface area (TPSA) is 711 Å². The zero-order valence-corrected chi connectivity index (χ0v) is 81.9. The number of carbonyl (C=O) groups is 10.